The van der Waals surface area contributed by atoms with Crippen molar-refractivity contribution in [2.75, 3.05) is 26.1 Å². The van der Waals surface area contributed by atoms with Gasteiger partial charge in [-0.2, -0.15) is 14.9 Å². The third-order valence-electron chi connectivity index (χ3n) is 3.93. The van der Waals surface area contributed by atoms with E-state index in [1.165, 1.54) is 19.4 Å². The highest BCUT2D eigenvalue weighted by Gasteiger charge is 2.18. The molecule has 3 rings (SSSR count). The lowest BCUT2D eigenvalue weighted by atomic mass is 10.1. The zero-order valence-corrected chi connectivity index (χ0v) is 15.0. The molecule has 0 saturated carbocycles. The molecule has 0 aliphatic heterocycles. The first-order chi connectivity index (χ1) is 12.4. The van der Waals surface area contributed by atoms with Crippen molar-refractivity contribution in [1.29, 1.82) is 0 Å². The molecule has 0 amide bonds. The highest BCUT2D eigenvalue weighted by molar-refractivity contribution is 5.90. The van der Waals surface area contributed by atoms with Crippen molar-refractivity contribution in [1.82, 2.24) is 19.6 Å². The molecule has 0 atom stereocenters. The molecule has 1 aromatic carbocycles. The van der Waals surface area contributed by atoms with Gasteiger partial charge in [0.05, 0.1) is 25.2 Å². The number of esters is 1. The Balaban J connectivity index is 2.19. The fraction of sp³-hybridized carbons (Fsp3) is 0.222. The Morgan fingerprint density at radius 1 is 1.19 bits per heavy atom. The molecular formula is C18H19N5O3. The van der Waals surface area contributed by atoms with Crippen LogP contribution in [0.25, 0.3) is 16.9 Å². The SMILES string of the molecule is COC(=O)c1cc(-c2ccc(N(C)C)cc2)nn(-c2cnn(C)c2)c1=O. The maximum absolute atomic E-state index is 12.7. The number of methoxy groups -OCH3 is 1. The normalized spacial score (nSPS) is 10.6. The van der Waals surface area contributed by atoms with Crippen LogP contribution in [0.5, 0.6) is 0 Å². The number of carbonyl (C=O) groups is 1. The van der Waals surface area contributed by atoms with Crippen LogP contribution in [0.2, 0.25) is 0 Å². The fourth-order valence-electron chi connectivity index (χ4n) is 2.51. The second kappa shape index (κ2) is 6.83. The Labute approximate surface area is 150 Å². The topological polar surface area (TPSA) is 82.2 Å². The van der Waals surface area contributed by atoms with Gasteiger partial charge in [-0.1, -0.05) is 12.1 Å². The molecule has 0 aliphatic rings. The molecule has 3 aromatic rings. The van der Waals surface area contributed by atoms with E-state index in [0.717, 1.165) is 15.9 Å². The number of carbonyl (C=O) groups excluding carboxylic acids is 1. The third-order valence-corrected chi connectivity index (χ3v) is 3.93. The number of anilines is 1. The zero-order chi connectivity index (χ0) is 18.8. The Morgan fingerprint density at radius 3 is 2.42 bits per heavy atom. The monoisotopic (exact) mass is 353 g/mol. The van der Waals surface area contributed by atoms with Gasteiger partial charge in [-0.05, 0) is 18.2 Å². The highest BCUT2D eigenvalue weighted by Crippen LogP contribution is 2.21. The fourth-order valence-corrected chi connectivity index (χ4v) is 2.51. The van der Waals surface area contributed by atoms with Gasteiger partial charge in [0.15, 0.2) is 0 Å². The highest BCUT2D eigenvalue weighted by atomic mass is 16.5. The van der Waals surface area contributed by atoms with Crippen LogP contribution in [-0.2, 0) is 11.8 Å². The van der Waals surface area contributed by atoms with Crippen molar-refractivity contribution < 1.29 is 9.53 Å². The Hall–Kier alpha value is -3.42. The minimum absolute atomic E-state index is 0.0851. The molecule has 2 heterocycles. The summed E-state index contributed by atoms with van der Waals surface area (Å²) in [4.78, 5) is 26.7. The van der Waals surface area contributed by atoms with Crippen LogP contribution >= 0.6 is 0 Å². The largest absolute Gasteiger partial charge is 0.465 e. The van der Waals surface area contributed by atoms with Gasteiger partial charge in [0.1, 0.15) is 11.3 Å². The Morgan fingerprint density at radius 2 is 1.88 bits per heavy atom. The molecular weight excluding hydrogens is 334 g/mol. The van der Waals surface area contributed by atoms with Crippen molar-refractivity contribution in [3.63, 3.8) is 0 Å². The van der Waals surface area contributed by atoms with E-state index in [2.05, 4.69) is 10.2 Å². The molecule has 0 aliphatic carbocycles. The van der Waals surface area contributed by atoms with E-state index in [9.17, 15) is 9.59 Å². The maximum Gasteiger partial charge on any atom is 0.343 e. The van der Waals surface area contributed by atoms with Crippen LogP contribution in [0.15, 0.2) is 47.5 Å². The molecule has 0 saturated heterocycles. The Kier molecular flexibility index (Phi) is 4.57. The molecule has 0 bridgehead atoms. The summed E-state index contributed by atoms with van der Waals surface area (Å²) in [6.45, 7) is 0. The predicted molar refractivity (Wildman–Crippen MR) is 97.7 cm³/mol. The number of benzene rings is 1. The minimum Gasteiger partial charge on any atom is -0.465 e. The first kappa shape index (κ1) is 17.4. The molecule has 2 aromatic heterocycles. The maximum atomic E-state index is 12.7. The van der Waals surface area contributed by atoms with Crippen LogP contribution in [0.3, 0.4) is 0 Å². The van der Waals surface area contributed by atoms with Crippen LogP contribution in [-0.4, -0.2) is 46.7 Å². The van der Waals surface area contributed by atoms with Crippen molar-refractivity contribution in [3.05, 3.63) is 58.6 Å². The summed E-state index contributed by atoms with van der Waals surface area (Å²) in [7, 11) is 6.87. The van der Waals surface area contributed by atoms with Gasteiger partial charge >= 0.3 is 5.97 Å². The molecule has 8 nitrogen and oxygen atoms in total. The number of hydrogen-bond donors (Lipinski definition) is 0. The molecule has 134 valence electrons. The lowest BCUT2D eigenvalue weighted by Gasteiger charge is -2.13. The first-order valence-electron chi connectivity index (χ1n) is 7.90. The van der Waals surface area contributed by atoms with E-state index in [0.29, 0.717) is 11.4 Å². The van der Waals surface area contributed by atoms with E-state index in [1.807, 2.05) is 43.3 Å². The third kappa shape index (κ3) is 3.21. The zero-order valence-electron chi connectivity index (χ0n) is 15.0. The lowest BCUT2D eigenvalue weighted by Crippen LogP contribution is -2.28. The van der Waals surface area contributed by atoms with Crippen molar-refractivity contribution in [2.24, 2.45) is 7.05 Å². The second-order valence-corrected chi connectivity index (χ2v) is 5.97. The number of aromatic nitrogens is 4. The summed E-state index contributed by atoms with van der Waals surface area (Å²) in [5, 5.41) is 8.46. The van der Waals surface area contributed by atoms with Gasteiger partial charge in [-0.15, -0.1) is 0 Å². The number of nitrogens with zero attached hydrogens (tertiary/aromatic N) is 5. The number of aryl methyl sites for hydroxylation is 1. The molecule has 26 heavy (non-hydrogen) atoms. The summed E-state index contributed by atoms with van der Waals surface area (Å²) < 4.78 is 7.46. The van der Waals surface area contributed by atoms with Crippen molar-refractivity contribution in [3.8, 4) is 16.9 Å². The van der Waals surface area contributed by atoms with Crippen molar-refractivity contribution >= 4 is 11.7 Å². The summed E-state index contributed by atoms with van der Waals surface area (Å²) in [5.41, 5.74) is 2.12. The minimum atomic E-state index is -0.707. The van der Waals surface area contributed by atoms with Gasteiger partial charge in [-0.3, -0.25) is 9.48 Å². The Bertz CT molecular complexity index is 1000. The number of ether oxygens (including phenoxy) is 1. The quantitative estimate of drug-likeness (QED) is 0.661. The summed E-state index contributed by atoms with van der Waals surface area (Å²) >= 11 is 0. The lowest BCUT2D eigenvalue weighted by molar-refractivity contribution is 0.0598. The van der Waals surface area contributed by atoms with Crippen molar-refractivity contribution in [2.45, 2.75) is 0 Å². The standard InChI is InChI=1S/C18H19N5O3/c1-21(2)13-7-5-12(6-8-13)16-9-15(18(25)26-4)17(24)23(20-16)14-10-19-22(3)11-14/h5-11H,1-4H3. The van der Waals surface area contributed by atoms with E-state index in [-0.39, 0.29) is 5.56 Å². The molecule has 0 unspecified atom stereocenters. The van der Waals surface area contributed by atoms with Crippen LogP contribution in [0, 0.1) is 0 Å². The van der Waals surface area contributed by atoms with E-state index in [1.54, 1.807) is 17.9 Å². The average molecular weight is 353 g/mol. The van der Waals surface area contributed by atoms with Gasteiger partial charge in [-0.25, -0.2) is 4.79 Å². The first-order valence-corrected chi connectivity index (χ1v) is 7.90. The molecule has 0 N–H and O–H groups in total. The van der Waals surface area contributed by atoms with E-state index in [4.69, 9.17) is 4.74 Å². The van der Waals surface area contributed by atoms with Gasteiger partial charge in [0.25, 0.3) is 5.56 Å². The van der Waals surface area contributed by atoms with Gasteiger partial charge < -0.3 is 9.64 Å². The summed E-state index contributed by atoms with van der Waals surface area (Å²) in [6.07, 6.45) is 3.16. The predicted octanol–water partition coefficient (Wildman–Crippen LogP) is 1.49. The second-order valence-electron chi connectivity index (χ2n) is 5.97. The van der Waals surface area contributed by atoms with Crippen LogP contribution in [0.4, 0.5) is 5.69 Å². The number of rotatable bonds is 4. The van der Waals surface area contributed by atoms with Crippen LogP contribution < -0.4 is 10.5 Å². The molecule has 0 radical (unpaired) electrons. The smallest absolute Gasteiger partial charge is 0.343 e. The number of hydrogen-bond acceptors (Lipinski definition) is 6. The van der Waals surface area contributed by atoms with Crippen LogP contribution in [0.1, 0.15) is 10.4 Å². The van der Waals surface area contributed by atoms with Gasteiger partial charge in [0.2, 0.25) is 0 Å². The van der Waals surface area contributed by atoms with E-state index < -0.39 is 11.5 Å². The molecule has 0 fully saturated rings. The van der Waals surface area contributed by atoms with E-state index >= 15 is 0 Å². The average Bonchev–Trinajstić information content (AvgIpc) is 3.07. The molecule has 8 heteroatoms. The van der Waals surface area contributed by atoms with Gasteiger partial charge in [0, 0.05) is 32.4 Å². The molecule has 0 spiro atoms. The summed E-state index contributed by atoms with van der Waals surface area (Å²) in [6, 6.07) is 9.10. The summed E-state index contributed by atoms with van der Waals surface area (Å²) in [5.74, 6) is -0.707.